The first-order chi connectivity index (χ1) is 10.1. The van der Waals surface area contributed by atoms with Crippen LogP contribution < -0.4 is 5.73 Å². The van der Waals surface area contributed by atoms with E-state index in [0.717, 1.165) is 10.9 Å². The smallest absolute Gasteiger partial charge is 0.256 e. The average molecular weight is 299 g/mol. The van der Waals surface area contributed by atoms with Crippen molar-refractivity contribution in [2.75, 3.05) is 12.8 Å². The molecule has 3 aromatic rings. The number of anilines is 1. The molecule has 1 aromatic carbocycles. The van der Waals surface area contributed by atoms with E-state index in [0.29, 0.717) is 11.3 Å². The normalized spacial score (nSPS) is 12.5. The standard InChI is InChI=1S/C16H17N3OS/c1-10(15-4-3-7-21-15)19(2)16(20)13-9-18-14-6-5-11(17)8-12(13)14/h3-10,18H,17H2,1-2H3. The lowest BCUT2D eigenvalue weighted by atomic mass is 10.1. The highest BCUT2D eigenvalue weighted by Crippen LogP contribution is 2.27. The summed E-state index contributed by atoms with van der Waals surface area (Å²) in [6.07, 6.45) is 1.75. The zero-order chi connectivity index (χ0) is 15.0. The van der Waals surface area contributed by atoms with Gasteiger partial charge in [0.1, 0.15) is 0 Å². The van der Waals surface area contributed by atoms with Crippen LogP contribution in [0.4, 0.5) is 5.69 Å². The summed E-state index contributed by atoms with van der Waals surface area (Å²) in [5.41, 5.74) is 8.06. The number of nitrogens with zero attached hydrogens (tertiary/aromatic N) is 1. The predicted molar refractivity (Wildman–Crippen MR) is 87.5 cm³/mol. The van der Waals surface area contributed by atoms with Crippen molar-refractivity contribution >= 4 is 33.8 Å². The number of nitrogen functional groups attached to an aromatic ring is 1. The average Bonchev–Trinajstić information content (AvgIpc) is 3.13. The number of nitrogens with one attached hydrogen (secondary N) is 1. The van der Waals surface area contributed by atoms with E-state index < -0.39 is 0 Å². The molecule has 108 valence electrons. The molecule has 2 aromatic heterocycles. The lowest BCUT2D eigenvalue weighted by Gasteiger charge is -2.24. The Morgan fingerprint density at radius 2 is 2.19 bits per heavy atom. The molecule has 0 aliphatic rings. The van der Waals surface area contributed by atoms with Gasteiger partial charge in [0.25, 0.3) is 5.91 Å². The van der Waals surface area contributed by atoms with Gasteiger partial charge in [0, 0.05) is 34.7 Å². The van der Waals surface area contributed by atoms with Crippen molar-refractivity contribution in [1.29, 1.82) is 0 Å². The molecular weight excluding hydrogens is 282 g/mol. The summed E-state index contributed by atoms with van der Waals surface area (Å²) in [5, 5.41) is 2.89. The maximum absolute atomic E-state index is 12.7. The minimum absolute atomic E-state index is 0.00671. The molecule has 4 nitrogen and oxygen atoms in total. The molecule has 0 fully saturated rings. The number of fused-ring (bicyclic) bond motifs is 1. The SMILES string of the molecule is CC(c1cccs1)N(C)C(=O)c1c[nH]c2ccc(N)cc12. The van der Waals surface area contributed by atoms with E-state index in [1.165, 1.54) is 4.88 Å². The Bertz CT molecular complexity index is 776. The number of amides is 1. The Morgan fingerprint density at radius 3 is 2.90 bits per heavy atom. The van der Waals surface area contributed by atoms with Crippen molar-refractivity contribution < 1.29 is 4.79 Å². The van der Waals surface area contributed by atoms with E-state index >= 15 is 0 Å². The molecule has 3 rings (SSSR count). The molecule has 0 saturated carbocycles. The van der Waals surface area contributed by atoms with Crippen molar-refractivity contribution in [3.8, 4) is 0 Å². The quantitative estimate of drug-likeness (QED) is 0.725. The van der Waals surface area contributed by atoms with E-state index in [9.17, 15) is 4.79 Å². The number of hydrogen-bond donors (Lipinski definition) is 2. The van der Waals surface area contributed by atoms with Gasteiger partial charge in [-0.15, -0.1) is 11.3 Å². The first-order valence-electron chi connectivity index (χ1n) is 6.75. The van der Waals surface area contributed by atoms with Crippen LogP contribution in [0.3, 0.4) is 0 Å². The number of carbonyl (C=O) groups excluding carboxylic acids is 1. The summed E-state index contributed by atoms with van der Waals surface area (Å²) in [6, 6.07) is 9.65. The Hall–Kier alpha value is -2.27. The maximum Gasteiger partial charge on any atom is 0.256 e. The van der Waals surface area contributed by atoms with Crippen LogP contribution in [0.5, 0.6) is 0 Å². The van der Waals surface area contributed by atoms with Gasteiger partial charge in [-0.3, -0.25) is 4.79 Å². The van der Waals surface area contributed by atoms with E-state index in [-0.39, 0.29) is 11.9 Å². The summed E-state index contributed by atoms with van der Waals surface area (Å²) in [4.78, 5) is 18.8. The predicted octanol–water partition coefficient (Wildman–Crippen LogP) is 3.64. The molecule has 3 N–H and O–H groups in total. The molecule has 0 aliphatic carbocycles. The monoisotopic (exact) mass is 299 g/mol. The molecule has 5 heteroatoms. The van der Waals surface area contributed by atoms with Crippen LogP contribution in [-0.2, 0) is 0 Å². The number of benzene rings is 1. The van der Waals surface area contributed by atoms with Gasteiger partial charge in [-0.2, -0.15) is 0 Å². The third-order valence-electron chi connectivity index (χ3n) is 3.79. The minimum Gasteiger partial charge on any atom is -0.399 e. The molecule has 0 saturated heterocycles. The minimum atomic E-state index is -0.00671. The molecule has 21 heavy (non-hydrogen) atoms. The van der Waals surface area contributed by atoms with Gasteiger partial charge in [-0.25, -0.2) is 0 Å². The Morgan fingerprint density at radius 1 is 1.38 bits per heavy atom. The molecule has 0 bridgehead atoms. The van der Waals surface area contributed by atoms with Gasteiger partial charge in [-0.1, -0.05) is 6.07 Å². The van der Waals surface area contributed by atoms with Crippen LogP contribution in [0.2, 0.25) is 0 Å². The lowest BCUT2D eigenvalue weighted by molar-refractivity contribution is 0.0747. The fourth-order valence-corrected chi connectivity index (χ4v) is 3.23. The highest BCUT2D eigenvalue weighted by Gasteiger charge is 2.22. The zero-order valence-electron chi connectivity index (χ0n) is 12.0. The highest BCUT2D eigenvalue weighted by molar-refractivity contribution is 7.10. The summed E-state index contributed by atoms with van der Waals surface area (Å²) < 4.78 is 0. The second kappa shape index (κ2) is 5.26. The van der Waals surface area contributed by atoms with Gasteiger partial charge in [0.05, 0.1) is 11.6 Å². The summed E-state index contributed by atoms with van der Waals surface area (Å²) in [5.74, 6) is -0.00671. The van der Waals surface area contributed by atoms with Gasteiger partial charge in [0.2, 0.25) is 0 Å². The van der Waals surface area contributed by atoms with Crippen molar-refractivity contribution in [2.24, 2.45) is 0 Å². The van der Waals surface area contributed by atoms with Crippen molar-refractivity contribution in [3.05, 3.63) is 52.3 Å². The van der Waals surface area contributed by atoms with Gasteiger partial charge >= 0.3 is 0 Å². The third kappa shape index (κ3) is 2.40. The number of aromatic amines is 1. The maximum atomic E-state index is 12.7. The van der Waals surface area contributed by atoms with Crippen LogP contribution in [0.25, 0.3) is 10.9 Å². The Labute approximate surface area is 127 Å². The van der Waals surface area contributed by atoms with Crippen LogP contribution in [-0.4, -0.2) is 22.8 Å². The van der Waals surface area contributed by atoms with Crippen LogP contribution >= 0.6 is 11.3 Å². The number of rotatable bonds is 3. The molecule has 0 aliphatic heterocycles. The molecule has 1 amide bonds. The van der Waals surface area contributed by atoms with Crippen LogP contribution in [0.15, 0.2) is 41.9 Å². The zero-order valence-corrected chi connectivity index (χ0v) is 12.8. The van der Waals surface area contributed by atoms with E-state index in [4.69, 9.17) is 5.73 Å². The number of carbonyl (C=O) groups is 1. The van der Waals surface area contributed by atoms with Crippen LogP contribution in [0, 0.1) is 0 Å². The molecule has 1 unspecified atom stereocenters. The van der Waals surface area contributed by atoms with Crippen LogP contribution in [0.1, 0.15) is 28.2 Å². The van der Waals surface area contributed by atoms with Crippen molar-refractivity contribution in [1.82, 2.24) is 9.88 Å². The fourth-order valence-electron chi connectivity index (χ4n) is 2.40. The lowest BCUT2D eigenvalue weighted by Crippen LogP contribution is -2.29. The Balaban J connectivity index is 1.95. The van der Waals surface area contributed by atoms with Crippen molar-refractivity contribution in [2.45, 2.75) is 13.0 Å². The first-order valence-corrected chi connectivity index (χ1v) is 7.63. The summed E-state index contributed by atoms with van der Waals surface area (Å²) >= 11 is 1.66. The van der Waals surface area contributed by atoms with Gasteiger partial charge < -0.3 is 15.6 Å². The summed E-state index contributed by atoms with van der Waals surface area (Å²) in [7, 11) is 1.83. The van der Waals surface area contributed by atoms with Gasteiger partial charge in [0.15, 0.2) is 0 Å². The first kappa shape index (κ1) is 13.7. The third-order valence-corrected chi connectivity index (χ3v) is 4.84. The van der Waals surface area contributed by atoms with E-state index in [1.807, 2.05) is 49.7 Å². The Kier molecular flexibility index (Phi) is 3.43. The fraction of sp³-hybridized carbons (Fsp3) is 0.188. The van der Waals surface area contributed by atoms with Gasteiger partial charge in [-0.05, 0) is 36.6 Å². The number of thiophene rings is 1. The number of aromatic nitrogens is 1. The van der Waals surface area contributed by atoms with E-state index in [1.54, 1.807) is 22.4 Å². The second-order valence-corrected chi connectivity index (χ2v) is 6.09. The molecule has 0 radical (unpaired) electrons. The largest absolute Gasteiger partial charge is 0.399 e. The molecular formula is C16H17N3OS. The number of nitrogens with two attached hydrogens (primary N) is 1. The van der Waals surface area contributed by atoms with E-state index in [2.05, 4.69) is 4.98 Å². The molecule has 1 atom stereocenters. The number of hydrogen-bond acceptors (Lipinski definition) is 3. The summed E-state index contributed by atoms with van der Waals surface area (Å²) in [6.45, 7) is 2.03. The second-order valence-electron chi connectivity index (χ2n) is 5.11. The molecule has 2 heterocycles. The topological polar surface area (TPSA) is 62.1 Å². The number of H-pyrrole nitrogens is 1. The van der Waals surface area contributed by atoms with Crippen molar-refractivity contribution in [3.63, 3.8) is 0 Å². The highest BCUT2D eigenvalue weighted by atomic mass is 32.1. The molecule has 0 spiro atoms.